The molecule has 0 aliphatic heterocycles. The highest BCUT2D eigenvalue weighted by molar-refractivity contribution is 7.89. The molecule has 0 radical (unpaired) electrons. The molecule has 4 N–H and O–H groups in total. The molecule has 0 amide bonds. The molecule has 1 aromatic heterocycles. The van der Waals surface area contributed by atoms with E-state index in [9.17, 15) is 8.42 Å². The van der Waals surface area contributed by atoms with Gasteiger partial charge in [0.05, 0.1) is 0 Å². The Kier molecular flexibility index (Phi) is 5.09. The number of nitrogens with zero attached hydrogens (tertiary/aromatic N) is 1. The van der Waals surface area contributed by atoms with E-state index in [4.69, 9.17) is 10.6 Å². The zero-order valence-electron chi connectivity index (χ0n) is 11.2. The van der Waals surface area contributed by atoms with Gasteiger partial charge < -0.3 is 10.2 Å². The Balaban J connectivity index is 1.93. The topological polar surface area (TPSA) is 106 Å². The number of hydrazine groups is 1. The molecule has 2 rings (SSSR count). The van der Waals surface area contributed by atoms with E-state index in [1.165, 1.54) is 18.3 Å². The number of nitrogens with one attached hydrogen (secondary N) is 2. The highest BCUT2D eigenvalue weighted by Gasteiger charge is 2.18. The van der Waals surface area contributed by atoms with E-state index in [-0.39, 0.29) is 23.9 Å². The number of para-hydroxylation sites is 1. The second-order valence-corrected chi connectivity index (χ2v) is 5.79. The van der Waals surface area contributed by atoms with Gasteiger partial charge in [0, 0.05) is 12.7 Å². The maximum atomic E-state index is 12.1. The second kappa shape index (κ2) is 7.02. The van der Waals surface area contributed by atoms with Gasteiger partial charge in [-0.25, -0.2) is 24.0 Å². The standard InChI is InChI=1S/C13H16N4O3S/c14-17-13-12(7-4-8-15-13)21(18,19)16-9-10-20-11-5-2-1-3-6-11/h1-8,16H,9-10,14H2,(H,15,17). The lowest BCUT2D eigenvalue weighted by Crippen LogP contribution is -2.29. The predicted octanol–water partition coefficient (Wildman–Crippen LogP) is 0.724. The van der Waals surface area contributed by atoms with Crippen LogP contribution in [0.1, 0.15) is 0 Å². The van der Waals surface area contributed by atoms with Crippen LogP contribution in [0.4, 0.5) is 5.82 Å². The van der Waals surface area contributed by atoms with Gasteiger partial charge in [0.1, 0.15) is 17.3 Å². The van der Waals surface area contributed by atoms with Crippen LogP contribution in [0, 0.1) is 0 Å². The highest BCUT2D eigenvalue weighted by atomic mass is 32.2. The molecule has 0 saturated heterocycles. The van der Waals surface area contributed by atoms with E-state index in [1.807, 2.05) is 18.2 Å². The summed E-state index contributed by atoms with van der Waals surface area (Å²) in [5.74, 6) is 6.02. The van der Waals surface area contributed by atoms with Crippen molar-refractivity contribution >= 4 is 15.8 Å². The maximum absolute atomic E-state index is 12.1. The molecule has 0 aliphatic carbocycles. The van der Waals surface area contributed by atoms with E-state index < -0.39 is 10.0 Å². The molecule has 8 heteroatoms. The summed E-state index contributed by atoms with van der Waals surface area (Å²) in [4.78, 5) is 3.85. The summed E-state index contributed by atoms with van der Waals surface area (Å²) in [6.07, 6.45) is 1.45. The number of rotatable bonds is 7. The van der Waals surface area contributed by atoms with Gasteiger partial charge in [-0.1, -0.05) is 18.2 Å². The summed E-state index contributed by atoms with van der Waals surface area (Å²) in [6.45, 7) is 0.352. The number of aromatic nitrogens is 1. The van der Waals surface area contributed by atoms with Gasteiger partial charge in [0.2, 0.25) is 10.0 Å². The van der Waals surface area contributed by atoms with Crippen LogP contribution < -0.4 is 20.7 Å². The molecule has 112 valence electrons. The maximum Gasteiger partial charge on any atom is 0.244 e. The van der Waals surface area contributed by atoms with Crippen molar-refractivity contribution in [2.75, 3.05) is 18.6 Å². The Morgan fingerprint density at radius 1 is 1.14 bits per heavy atom. The first-order valence-corrected chi connectivity index (χ1v) is 7.71. The molecule has 0 bridgehead atoms. The van der Waals surface area contributed by atoms with Crippen LogP contribution in [-0.2, 0) is 10.0 Å². The van der Waals surface area contributed by atoms with Crippen LogP contribution in [-0.4, -0.2) is 26.6 Å². The van der Waals surface area contributed by atoms with Gasteiger partial charge in [-0.3, -0.25) is 0 Å². The van der Waals surface area contributed by atoms with Crippen LogP contribution in [0.15, 0.2) is 53.6 Å². The van der Waals surface area contributed by atoms with E-state index >= 15 is 0 Å². The molecule has 1 aromatic carbocycles. The normalized spacial score (nSPS) is 11.1. The molecule has 2 aromatic rings. The Bertz CT molecular complexity index is 677. The summed E-state index contributed by atoms with van der Waals surface area (Å²) in [7, 11) is -3.69. The summed E-state index contributed by atoms with van der Waals surface area (Å²) in [5.41, 5.74) is 2.26. The SMILES string of the molecule is NNc1ncccc1S(=O)(=O)NCCOc1ccccc1. The van der Waals surface area contributed by atoms with E-state index in [0.717, 1.165) is 0 Å². The van der Waals surface area contributed by atoms with Crippen molar-refractivity contribution < 1.29 is 13.2 Å². The predicted molar refractivity (Wildman–Crippen MR) is 79.2 cm³/mol. The average Bonchev–Trinajstić information content (AvgIpc) is 2.52. The molecule has 0 aliphatic rings. The second-order valence-electron chi connectivity index (χ2n) is 4.05. The quantitative estimate of drug-likeness (QED) is 0.395. The first-order valence-electron chi connectivity index (χ1n) is 6.22. The molecule has 0 atom stereocenters. The number of pyridine rings is 1. The van der Waals surface area contributed by atoms with E-state index in [0.29, 0.717) is 5.75 Å². The minimum atomic E-state index is -3.69. The van der Waals surface area contributed by atoms with Crippen molar-refractivity contribution in [2.24, 2.45) is 5.84 Å². The van der Waals surface area contributed by atoms with E-state index in [1.54, 1.807) is 12.1 Å². The van der Waals surface area contributed by atoms with Gasteiger partial charge in [-0.15, -0.1) is 0 Å². The molecule has 0 saturated carbocycles. The summed E-state index contributed by atoms with van der Waals surface area (Å²) < 4.78 is 32.1. The van der Waals surface area contributed by atoms with Crippen LogP contribution >= 0.6 is 0 Å². The summed E-state index contributed by atoms with van der Waals surface area (Å²) >= 11 is 0. The molecule has 0 spiro atoms. The molecule has 7 nitrogen and oxygen atoms in total. The molecular formula is C13H16N4O3S. The zero-order chi connectivity index (χ0) is 15.1. The first kappa shape index (κ1) is 15.2. The number of hydrogen-bond donors (Lipinski definition) is 3. The number of nitrogens with two attached hydrogens (primary N) is 1. The fourth-order valence-corrected chi connectivity index (χ4v) is 2.79. The van der Waals surface area contributed by atoms with Crippen LogP contribution in [0.5, 0.6) is 5.75 Å². The van der Waals surface area contributed by atoms with Crippen molar-refractivity contribution in [3.8, 4) is 5.75 Å². The third kappa shape index (κ3) is 4.15. The van der Waals surface area contributed by atoms with Crippen molar-refractivity contribution in [1.82, 2.24) is 9.71 Å². The molecular weight excluding hydrogens is 292 g/mol. The largest absolute Gasteiger partial charge is 0.492 e. The van der Waals surface area contributed by atoms with Crippen molar-refractivity contribution in [3.05, 3.63) is 48.7 Å². The van der Waals surface area contributed by atoms with Crippen LogP contribution in [0.3, 0.4) is 0 Å². The Morgan fingerprint density at radius 3 is 2.62 bits per heavy atom. The molecule has 21 heavy (non-hydrogen) atoms. The summed E-state index contributed by atoms with van der Waals surface area (Å²) in [6, 6.07) is 12.1. The van der Waals surface area contributed by atoms with Crippen molar-refractivity contribution in [3.63, 3.8) is 0 Å². The number of sulfonamides is 1. The Labute approximate surface area is 123 Å². The fourth-order valence-electron chi connectivity index (χ4n) is 1.66. The summed E-state index contributed by atoms with van der Waals surface area (Å²) in [5, 5.41) is 0. The van der Waals surface area contributed by atoms with Gasteiger partial charge >= 0.3 is 0 Å². The third-order valence-corrected chi connectivity index (χ3v) is 4.10. The first-order chi connectivity index (χ1) is 10.1. The van der Waals surface area contributed by atoms with Gasteiger partial charge in [0.15, 0.2) is 5.82 Å². The molecule has 0 unspecified atom stereocenters. The fraction of sp³-hybridized carbons (Fsp3) is 0.154. The highest BCUT2D eigenvalue weighted by Crippen LogP contribution is 2.16. The molecule has 1 heterocycles. The molecule has 0 fully saturated rings. The number of anilines is 1. The number of hydrogen-bond acceptors (Lipinski definition) is 6. The lowest BCUT2D eigenvalue weighted by Gasteiger charge is -2.10. The number of nitrogen functional groups attached to an aromatic ring is 1. The van der Waals surface area contributed by atoms with Crippen molar-refractivity contribution in [2.45, 2.75) is 4.90 Å². The van der Waals surface area contributed by atoms with E-state index in [2.05, 4.69) is 15.1 Å². The average molecular weight is 308 g/mol. The lowest BCUT2D eigenvalue weighted by molar-refractivity contribution is 0.323. The lowest BCUT2D eigenvalue weighted by atomic mass is 10.3. The van der Waals surface area contributed by atoms with Crippen LogP contribution in [0.2, 0.25) is 0 Å². The minimum Gasteiger partial charge on any atom is -0.492 e. The smallest absolute Gasteiger partial charge is 0.244 e. The zero-order valence-corrected chi connectivity index (χ0v) is 12.0. The monoisotopic (exact) mass is 308 g/mol. The number of ether oxygens (including phenoxy) is 1. The van der Waals surface area contributed by atoms with Crippen molar-refractivity contribution in [1.29, 1.82) is 0 Å². The number of benzene rings is 1. The third-order valence-electron chi connectivity index (χ3n) is 2.60. The Morgan fingerprint density at radius 2 is 1.90 bits per heavy atom. The van der Waals surface area contributed by atoms with Gasteiger partial charge in [0.25, 0.3) is 0 Å². The Hall–Kier alpha value is -2.16. The van der Waals surface area contributed by atoms with Gasteiger partial charge in [-0.05, 0) is 24.3 Å². The minimum absolute atomic E-state index is 0.00721. The van der Waals surface area contributed by atoms with Crippen LogP contribution in [0.25, 0.3) is 0 Å². The van der Waals surface area contributed by atoms with Gasteiger partial charge in [-0.2, -0.15) is 0 Å².